The van der Waals surface area contributed by atoms with Crippen molar-refractivity contribution in [2.75, 3.05) is 6.61 Å². The van der Waals surface area contributed by atoms with Crippen molar-refractivity contribution in [3.63, 3.8) is 0 Å². The molecule has 1 saturated heterocycles. The van der Waals surface area contributed by atoms with E-state index in [0.717, 1.165) is 25.0 Å². The van der Waals surface area contributed by atoms with E-state index in [2.05, 4.69) is 4.99 Å². The summed E-state index contributed by atoms with van der Waals surface area (Å²) < 4.78 is 49.1. The van der Waals surface area contributed by atoms with Crippen LogP contribution in [0.5, 0.6) is 0 Å². The number of rotatable bonds is 4. The van der Waals surface area contributed by atoms with E-state index in [0.29, 0.717) is 29.2 Å². The molecule has 140 valence electrons. The second-order valence-corrected chi connectivity index (χ2v) is 7.17. The normalized spacial score (nSPS) is 17.6. The molecule has 1 unspecified atom stereocenters. The number of benzene rings is 2. The van der Waals surface area contributed by atoms with E-state index in [-0.39, 0.29) is 17.6 Å². The minimum absolute atomic E-state index is 0.00198. The maximum absolute atomic E-state index is 14.3. The Kier molecular flexibility index (Phi) is 5.13. The summed E-state index contributed by atoms with van der Waals surface area (Å²) in [6, 6.07) is 9.76. The highest BCUT2D eigenvalue weighted by atomic mass is 32.1. The number of nitrogens with zero attached hydrogens (tertiary/aromatic N) is 2. The molecule has 4 rings (SSSR count). The molecule has 3 nitrogen and oxygen atoms in total. The quantitative estimate of drug-likeness (QED) is 0.613. The van der Waals surface area contributed by atoms with Crippen LogP contribution in [-0.2, 0) is 11.3 Å². The van der Waals surface area contributed by atoms with E-state index in [9.17, 15) is 13.2 Å². The van der Waals surface area contributed by atoms with Crippen LogP contribution in [0.15, 0.2) is 52.8 Å². The largest absolute Gasteiger partial charge is 0.376 e. The third kappa shape index (κ3) is 3.84. The molecule has 1 aromatic heterocycles. The van der Waals surface area contributed by atoms with Crippen molar-refractivity contribution >= 4 is 17.0 Å². The first-order chi connectivity index (χ1) is 13.1. The fourth-order valence-corrected chi connectivity index (χ4v) is 4.07. The molecule has 0 amide bonds. The predicted octanol–water partition coefficient (Wildman–Crippen LogP) is 5.05. The molecule has 7 heteroatoms. The van der Waals surface area contributed by atoms with Crippen molar-refractivity contribution < 1.29 is 17.9 Å². The third-order valence-electron chi connectivity index (χ3n) is 4.48. The van der Waals surface area contributed by atoms with E-state index in [1.165, 1.54) is 23.5 Å². The summed E-state index contributed by atoms with van der Waals surface area (Å²) in [5.41, 5.74) is 1.15. The van der Waals surface area contributed by atoms with E-state index in [1.54, 1.807) is 23.6 Å². The molecule has 3 aromatic rings. The number of aromatic nitrogens is 1. The van der Waals surface area contributed by atoms with Gasteiger partial charge in [-0.1, -0.05) is 12.1 Å². The van der Waals surface area contributed by atoms with Crippen molar-refractivity contribution in [2.45, 2.75) is 25.5 Å². The third-order valence-corrected chi connectivity index (χ3v) is 5.35. The van der Waals surface area contributed by atoms with Crippen molar-refractivity contribution in [3.8, 4) is 11.3 Å². The molecule has 0 N–H and O–H groups in total. The summed E-state index contributed by atoms with van der Waals surface area (Å²) in [4.78, 5) is 4.87. The Bertz CT molecular complexity index is 1020. The Balaban J connectivity index is 1.84. The molecule has 2 heterocycles. The van der Waals surface area contributed by atoms with Crippen LogP contribution < -0.4 is 4.80 Å². The van der Waals surface area contributed by atoms with Gasteiger partial charge in [0.2, 0.25) is 0 Å². The monoisotopic (exact) mass is 390 g/mol. The van der Waals surface area contributed by atoms with Gasteiger partial charge in [-0.05, 0) is 37.1 Å². The summed E-state index contributed by atoms with van der Waals surface area (Å²) in [6.07, 6.45) is 1.88. The average Bonchev–Trinajstić information content (AvgIpc) is 3.29. The summed E-state index contributed by atoms with van der Waals surface area (Å²) >= 11 is 1.28. The molecular formula is C20H17F3N2OS. The van der Waals surface area contributed by atoms with E-state index < -0.39 is 11.6 Å². The molecule has 0 aliphatic carbocycles. The number of hydrogen-bond acceptors (Lipinski definition) is 3. The number of halogens is 3. The SMILES string of the molecule is Fc1ccc(N=c2scc(-c3ccccc3F)n2CC2CCCO2)c(F)c1. The summed E-state index contributed by atoms with van der Waals surface area (Å²) in [5.74, 6) is -1.73. The van der Waals surface area contributed by atoms with Gasteiger partial charge in [0.25, 0.3) is 0 Å². The molecule has 0 bridgehead atoms. The lowest BCUT2D eigenvalue weighted by molar-refractivity contribution is 0.0967. The van der Waals surface area contributed by atoms with Gasteiger partial charge in [0, 0.05) is 23.6 Å². The highest BCUT2D eigenvalue weighted by molar-refractivity contribution is 7.07. The van der Waals surface area contributed by atoms with Gasteiger partial charge in [-0.3, -0.25) is 0 Å². The van der Waals surface area contributed by atoms with Crippen molar-refractivity contribution in [1.29, 1.82) is 0 Å². The lowest BCUT2D eigenvalue weighted by Gasteiger charge is -2.14. The Labute approximate surface area is 158 Å². The van der Waals surface area contributed by atoms with Gasteiger partial charge in [-0.2, -0.15) is 0 Å². The zero-order valence-electron chi connectivity index (χ0n) is 14.4. The molecule has 1 fully saturated rings. The Morgan fingerprint density at radius 3 is 2.70 bits per heavy atom. The molecule has 0 spiro atoms. The van der Waals surface area contributed by atoms with Gasteiger partial charge < -0.3 is 9.30 Å². The standard InChI is InChI=1S/C20H17F3N2OS/c21-13-7-8-18(17(23)10-13)24-20-25(11-14-4-3-9-26-14)19(12-27-20)15-5-1-2-6-16(15)22/h1-2,5-8,10,12,14H,3-4,9,11H2. The van der Waals surface area contributed by atoms with Crippen molar-refractivity contribution in [1.82, 2.24) is 4.57 Å². The zero-order valence-corrected chi connectivity index (χ0v) is 15.2. The lowest BCUT2D eigenvalue weighted by Crippen LogP contribution is -2.24. The Hall–Kier alpha value is -2.38. The second kappa shape index (κ2) is 7.70. The van der Waals surface area contributed by atoms with Crippen LogP contribution in [-0.4, -0.2) is 17.3 Å². The average molecular weight is 390 g/mol. The highest BCUT2D eigenvalue weighted by Crippen LogP contribution is 2.26. The van der Waals surface area contributed by atoms with E-state index in [4.69, 9.17) is 4.74 Å². The maximum Gasteiger partial charge on any atom is 0.190 e. The lowest BCUT2D eigenvalue weighted by atomic mass is 10.1. The van der Waals surface area contributed by atoms with Gasteiger partial charge in [-0.15, -0.1) is 11.3 Å². The molecule has 1 aliphatic rings. The fourth-order valence-electron chi connectivity index (χ4n) is 3.15. The molecule has 1 aliphatic heterocycles. The first-order valence-electron chi connectivity index (χ1n) is 8.66. The molecule has 27 heavy (non-hydrogen) atoms. The molecule has 0 radical (unpaired) electrons. The number of hydrogen-bond donors (Lipinski definition) is 0. The van der Waals surface area contributed by atoms with Crippen LogP contribution in [0.25, 0.3) is 11.3 Å². The maximum atomic E-state index is 14.3. The summed E-state index contributed by atoms with van der Waals surface area (Å²) in [6.45, 7) is 1.19. The van der Waals surface area contributed by atoms with Crippen LogP contribution in [0.2, 0.25) is 0 Å². The van der Waals surface area contributed by atoms with E-state index >= 15 is 0 Å². The zero-order chi connectivity index (χ0) is 18.8. The topological polar surface area (TPSA) is 26.5 Å². The van der Waals surface area contributed by atoms with Crippen LogP contribution >= 0.6 is 11.3 Å². The fraction of sp³-hybridized carbons (Fsp3) is 0.250. The van der Waals surface area contributed by atoms with Crippen molar-refractivity contribution in [3.05, 3.63) is 70.1 Å². The Morgan fingerprint density at radius 2 is 1.96 bits per heavy atom. The first-order valence-corrected chi connectivity index (χ1v) is 9.54. The van der Waals surface area contributed by atoms with Crippen LogP contribution in [0.4, 0.5) is 18.9 Å². The van der Waals surface area contributed by atoms with Gasteiger partial charge in [0.15, 0.2) is 10.6 Å². The Morgan fingerprint density at radius 1 is 1.11 bits per heavy atom. The minimum Gasteiger partial charge on any atom is -0.376 e. The second-order valence-electron chi connectivity index (χ2n) is 6.34. The minimum atomic E-state index is -0.737. The van der Waals surface area contributed by atoms with Gasteiger partial charge >= 0.3 is 0 Å². The summed E-state index contributed by atoms with van der Waals surface area (Å²) in [5, 5.41) is 1.80. The number of thiazole rings is 1. The molecule has 0 saturated carbocycles. The van der Waals surface area contributed by atoms with Gasteiger partial charge in [0.1, 0.15) is 17.3 Å². The van der Waals surface area contributed by atoms with Crippen molar-refractivity contribution in [2.24, 2.45) is 4.99 Å². The van der Waals surface area contributed by atoms with Gasteiger partial charge in [0.05, 0.1) is 18.3 Å². The van der Waals surface area contributed by atoms with Crippen LogP contribution in [0.3, 0.4) is 0 Å². The first kappa shape index (κ1) is 18.0. The smallest absolute Gasteiger partial charge is 0.190 e. The van der Waals surface area contributed by atoms with E-state index in [1.807, 2.05) is 4.57 Å². The predicted molar refractivity (Wildman–Crippen MR) is 98.3 cm³/mol. The van der Waals surface area contributed by atoms with Crippen LogP contribution in [0.1, 0.15) is 12.8 Å². The summed E-state index contributed by atoms with van der Waals surface area (Å²) in [7, 11) is 0. The molecule has 1 atom stereocenters. The van der Waals surface area contributed by atoms with Gasteiger partial charge in [-0.25, -0.2) is 18.2 Å². The molecule has 2 aromatic carbocycles. The highest BCUT2D eigenvalue weighted by Gasteiger charge is 2.20. The van der Waals surface area contributed by atoms with Crippen LogP contribution in [0, 0.1) is 17.5 Å². The number of ether oxygens (including phenoxy) is 1. The molecular weight excluding hydrogens is 373 g/mol.